The number of carbonyl (C=O) groups is 1. The molecule has 1 aromatic heterocycles. The van der Waals surface area contributed by atoms with E-state index in [1.807, 2.05) is 26.0 Å². The van der Waals surface area contributed by atoms with Crippen molar-refractivity contribution in [3.8, 4) is 6.07 Å². The van der Waals surface area contributed by atoms with Crippen molar-refractivity contribution in [2.75, 3.05) is 10.6 Å². The molecular formula is C23H23N5O. The lowest BCUT2D eigenvalue weighted by Crippen LogP contribution is -2.16. The predicted octanol–water partition coefficient (Wildman–Crippen LogP) is 5.08. The second-order valence-electron chi connectivity index (χ2n) is 7.18. The van der Waals surface area contributed by atoms with E-state index in [0.717, 1.165) is 11.3 Å². The van der Waals surface area contributed by atoms with E-state index in [1.54, 1.807) is 30.3 Å². The van der Waals surface area contributed by atoms with Crippen LogP contribution in [0.4, 0.5) is 17.3 Å². The number of hydrogen-bond acceptors (Lipinski definition) is 5. The van der Waals surface area contributed by atoms with Gasteiger partial charge >= 0.3 is 0 Å². The maximum atomic E-state index is 12.7. The van der Waals surface area contributed by atoms with Gasteiger partial charge in [-0.1, -0.05) is 32.0 Å². The minimum Gasteiger partial charge on any atom is -0.324 e. The number of anilines is 3. The van der Waals surface area contributed by atoms with Gasteiger partial charge in [-0.15, -0.1) is 0 Å². The van der Waals surface area contributed by atoms with E-state index in [4.69, 9.17) is 5.26 Å². The van der Waals surface area contributed by atoms with Gasteiger partial charge in [-0.25, -0.2) is 9.97 Å². The van der Waals surface area contributed by atoms with E-state index < -0.39 is 0 Å². The molecule has 0 saturated carbocycles. The molecule has 0 spiro atoms. The van der Waals surface area contributed by atoms with E-state index in [9.17, 15) is 4.79 Å². The van der Waals surface area contributed by atoms with Gasteiger partial charge in [-0.05, 0) is 61.2 Å². The van der Waals surface area contributed by atoms with Gasteiger partial charge in [0.1, 0.15) is 5.69 Å². The smallest absolute Gasteiger partial charge is 0.274 e. The average molecular weight is 385 g/mol. The highest BCUT2D eigenvalue weighted by Gasteiger charge is 2.14. The molecule has 146 valence electrons. The van der Waals surface area contributed by atoms with Gasteiger partial charge in [0.25, 0.3) is 5.91 Å². The standard InChI is InChI=1S/C23H23N5O/c1-14(2)19-7-5-6-15(3)21(19)28-23-25-16(4)12-20(27-23)22(29)26-18-10-8-17(13-24)9-11-18/h5-12,14H,1-4H3,(H,26,29)(H,25,27,28). The van der Waals surface area contributed by atoms with Crippen LogP contribution in [0.1, 0.15) is 52.6 Å². The number of carbonyl (C=O) groups excluding carboxylic acids is 1. The molecule has 3 aromatic rings. The second kappa shape index (κ2) is 8.53. The summed E-state index contributed by atoms with van der Waals surface area (Å²) >= 11 is 0. The van der Waals surface area contributed by atoms with Crippen molar-refractivity contribution in [3.05, 3.63) is 76.6 Å². The first-order valence-electron chi connectivity index (χ1n) is 9.41. The van der Waals surface area contributed by atoms with E-state index in [1.165, 1.54) is 5.56 Å². The van der Waals surface area contributed by atoms with Gasteiger partial charge in [0.05, 0.1) is 11.6 Å². The zero-order chi connectivity index (χ0) is 21.0. The van der Waals surface area contributed by atoms with E-state index in [-0.39, 0.29) is 11.6 Å². The summed E-state index contributed by atoms with van der Waals surface area (Å²) in [5.74, 6) is 0.379. The molecule has 0 unspecified atom stereocenters. The maximum absolute atomic E-state index is 12.7. The van der Waals surface area contributed by atoms with Crippen LogP contribution in [0.25, 0.3) is 0 Å². The molecule has 0 bridgehead atoms. The van der Waals surface area contributed by atoms with Crippen LogP contribution in [0.15, 0.2) is 48.5 Å². The highest BCUT2D eigenvalue weighted by molar-refractivity contribution is 6.03. The van der Waals surface area contributed by atoms with E-state index in [2.05, 4.69) is 46.6 Å². The molecule has 2 N–H and O–H groups in total. The van der Waals surface area contributed by atoms with Crippen LogP contribution in [0.5, 0.6) is 0 Å². The molecule has 29 heavy (non-hydrogen) atoms. The van der Waals surface area contributed by atoms with Crippen LogP contribution in [-0.4, -0.2) is 15.9 Å². The first kappa shape index (κ1) is 20.0. The Labute approximate surface area is 170 Å². The lowest BCUT2D eigenvalue weighted by atomic mass is 9.98. The molecule has 1 heterocycles. The molecule has 0 radical (unpaired) electrons. The number of nitrogens with one attached hydrogen (secondary N) is 2. The van der Waals surface area contributed by atoms with Crippen molar-refractivity contribution in [1.82, 2.24) is 9.97 Å². The Morgan fingerprint density at radius 3 is 2.45 bits per heavy atom. The quantitative estimate of drug-likeness (QED) is 0.639. The van der Waals surface area contributed by atoms with Crippen LogP contribution in [0.3, 0.4) is 0 Å². The van der Waals surface area contributed by atoms with Crippen molar-refractivity contribution in [3.63, 3.8) is 0 Å². The van der Waals surface area contributed by atoms with Crippen LogP contribution in [-0.2, 0) is 0 Å². The fourth-order valence-corrected chi connectivity index (χ4v) is 3.02. The first-order valence-corrected chi connectivity index (χ1v) is 9.41. The summed E-state index contributed by atoms with van der Waals surface area (Å²) in [6.07, 6.45) is 0. The molecule has 0 aliphatic carbocycles. The normalized spacial score (nSPS) is 10.5. The molecule has 2 aromatic carbocycles. The summed E-state index contributed by atoms with van der Waals surface area (Å²) in [4.78, 5) is 21.5. The summed E-state index contributed by atoms with van der Waals surface area (Å²) in [7, 11) is 0. The number of aromatic nitrogens is 2. The number of amides is 1. The molecule has 1 amide bonds. The molecule has 0 fully saturated rings. The third kappa shape index (κ3) is 4.77. The molecule has 0 aliphatic heterocycles. The van der Waals surface area contributed by atoms with Crippen molar-refractivity contribution >= 4 is 23.2 Å². The summed E-state index contributed by atoms with van der Waals surface area (Å²) in [6.45, 7) is 8.12. The molecule has 3 rings (SSSR count). The minimum atomic E-state index is -0.336. The van der Waals surface area contributed by atoms with Gasteiger partial charge in [0.15, 0.2) is 0 Å². The molecule has 6 nitrogen and oxygen atoms in total. The number of nitriles is 1. The Morgan fingerprint density at radius 1 is 1.07 bits per heavy atom. The van der Waals surface area contributed by atoms with Gasteiger partial charge < -0.3 is 10.6 Å². The maximum Gasteiger partial charge on any atom is 0.274 e. The third-order valence-electron chi connectivity index (χ3n) is 4.52. The summed E-state index contributed by atoms with van der Waals surface area (Å²) in [5, 5.41) is 15.0. The fraction of sp³-hybridized carbons (Fsp3) is 0.217. The Bertz CT molecular complexity index is 1080. The second-order valence-corrected chi connectivity index (χ2v) is 7.18. The SMILES string of the molecule is Cc1cc(C(=O)Nc2ccc(C#N)cc2)nc(Nc2c(C)cccc2C(C)C)n1. The first-order chi connectivity index (χ1) is 13.9. The Balaban J connectivity index is 1.87. The fourth-order valence-electron chi connectivity index (χ4n) is 3.02. The number of rotatable bonds is 5. The minimum absolute atomic E-state index is 0.268. The van der Waals surface area contributed by atoms with Gasteiger partial charge in [-0.3, -0.25) is 4.79 Å². The molecular weight excluding hydrogens is 362 g/mol. The zero-order valence-electron chi connectivity index (χ0n) is 16.9. The number of nitrogens with zero attached hydrogens (tertiary/aromatic N) is 3. The summed E-state index contributed by atoms with van der Waals surface area (Å²) in [6, 6.07) is 16.5. The van der Waals surface area contributed by atoms with E-state index in [0.29, 0.717) is 28.8 Å². The van der Waals surface area contributed by atoms with Crippen molar-refractivity contribution in [2.45, 2.75) is 33.6 Å². The molecule has 0 aliphatic rings. The van der Waals surface area contributed by atoms with Crippen LogP contribution >= 0.6 is 0 Å². The highest BCUT2D eigenvalue weighted by atomic mass is 16.1. The topological polar surface area (TPSA) is 90.7 Å². The molecule has 0 atom stereocenters. The monoisotopic (exact) mass is 385 g/mol. The van der Waals surface area contributed by atoms with Crippen LogP contribution in [0, 0.1) is 25.2 Å². The number of para-hydroxylation sites is 1. The van der Waals surface area contributed by atoms with Crippen LogP contribution in [0.2, 0.25) is 0 Å². The Hall–Kier alpha value is -3.72. The lowest BCUT2D eigenvalue weighted by Gasteiger charge is -2.17. The van der Waals surface area contributed by atoms with Gasteiger partial charge in [0, 0.05) is 17.1 Å². The Kier molecular flexibility index (Phi) is 5.89. The molecule has 6 heteroatoms. The largest absolute Gasteiger partial charge is 0.324 e. The highest BCUT2D eigenvalue weighted by Crippen LogP contribution is 2.29. The van der Waals surface area contributed by atoms with Gasteiger partial charge in [-0.2, -0.15) is 5.26 Å². The summed E-state index contributed by atoms with van der Waals surface area (Å²) < 4.78 is 0. The van der Waals surface area contributed by atoms with Gasteiger partial charge in [0.2, 0.25) is 5.95 Å². The Morgan fingerprint density at radius 2 is 1.79 bits per heavy atom. The predicted molar refractivity (Wildman–Crippen MR) is 114 cm³/mol. The lowest BCUT2D eigenvalue weighted by molar-refractivity contribution is 0.102. The van der Waals surface area contributed by atoms with Crippen molar-refractivity contribution in [2.24, 2.45) is 0 Å². The number of hydrogen-bond donors (Lipinski definition) is 2. The molecule has 0 saturated heterocycles. The third-order valence-corrected chi connectivity index (χ3v) is 4.52. The average Bonchev–Trinajstić information content (AvgIpc) is 2.69. The van der Waals surface area contributed by atoms with Crippen molar-refractivity contribution in [1.29, 1.82) is 5.26 Å². The zero-order valence-corrected chi connectivity index (χ0v) is 16.9. The number of aryl methyl sites for hydroxylation is 2. The van der Waals surface area contributed by atoms with Crippen molar-refractivity contribution < 1.29 is 4.79 Å². The summed E-state index contributed by atoms with van der Waals surface area (Å²) in [5.41, 5.74) is 5.30. The number of benzene rings is 2. The van der Waals surface area contributed by atoms with E-state index >= 15 is 0 Å². The van der Waals surface area contributed by atoms with Crippen LogP contribution < -0.4 is 10.6 Å².